The molecule has 0 fully saturated rings. The fourth-order valence-electron chi connectivity index (χ4n) is 2.09. The summed E-state index contributed by atoms with van der Waals surface area (Å²) in [4.78, 5) is 0. The molecule has 2 nitrogen and oxygen atoms in total. The molecule has 0 aliphatic carbocycles. The van der Waals surface area contributed by atoms with Gasteiger partial charge in [0.2, 0.25) is 0 Å². The topological polar surface area (TPSA) is 29.5 Å². The number of halogens is 2. The van der Waals surface area contributed by atoms with Gasteiger partial charge < -0.3 is 9.84 Å². The minimum Gasteiger partial charge on any atom is -0.494 e. The van der Waals surface area contributed by atoms with E-state index in [-0.39, 0.29) is 5.56 Å². The summed E-state index contributed by atoms with van der Waals surface area (Å²) in [5, 5.41) is 10.6. The number of benzene rings is 2. The Morgan fingerprint density at radius 3 is 2.55 bits per heavy atom. The molecule has 0 aliphatic heterocycles. The number of hydrogen-bond donors (Lipinski definition) is 1. The van der Waals surface area contributed by atoms with Gasteiger partial charge in [-0.3, -0.25) is 0 Å². The molecule has 2 rings (SSSR count). The van der Waals surface area contributed by atoms with Crippen molar-refractivity contribution in [3.8, 4) is 5.75 Å². The molecule has 4 heteroatoms. The quantitative estimate of drug-likeness (QED) is 0.925. The molecule has 0 radical (unpaired) electrons. The molecule has 2 aromatic carbocycles. The molecule has 0 aromatic heterocycles. The molecule has 0 amide bonds. The fourth-order valence-corrected chi connectivity index (χ4v) is 2.09. The van der Waals surface area contributed by atoms with Gasteiger partial charge in [-0.25, -0.2) is 8.78 Å². The number of rotatable bonds is 4. The Labute approximate surface area is 116 Å². The van der Waals surface area contributed by atoms with E-state index < -0.39 is 17.2 Å². The van der Waals surface area contributed by atoms with Gasteiger partial charge in [-0.15, -0.1) is 0 Å². The Morgan fingerprint density at radius 2 is 1.85 bits per heavy atom. The standard InChI is InChI=1S/C16H16F2O2/c1-3-20-12-7-4-6-11(10-12)16(2,19)13-8-5-9-14(17)15(13)18/h4-10,19H,3H2,1-2H3. The predicted molar refractivity (Wildman–Crippen MR) is 72.6 cm³/mol. The Bertz CT molecular complexity index is 609. The van der Waals surface area contributed by atoms with Crippen molar-refractivity contribution in [1.29, 1.82) is 0 Å². The first kappa shape index (κ1) is 14.5. The molecule has 0 saturated carbocycles. The lowest BCUT2D eigenvalue weighted by molar-refractivity contribution is 0.0966. The zero-order valence-corrected chi connectivity index (χ0v) is 11.4. The average Bonchev–Trinajstić information content (AvgIpc) is 2.42. The Balaban J connectivity index is 2.48. The van der Waals surface area contributed by atoms with Crippen molar-refractivity contribution in [2.75, 3.05) is 6.61 Å². The van der Waals surface area contributed by atoms with Crippen molar-refractivity contribution in [3.05, 3.63) is 65.2 Å². The van der Waals surface area contributed by atoms with E-state index in [2.05, 4.69) is 0 Å². The van der Waals surface area contributed by atoms with Crippen LogP contribution in [0.4, 0.5) is 8.78 Å². The van der Waals surface area contributed by atoms with E-state index in [1.807, 2.05) is 6.92 Å². The van der Waals surface area contributed by atoms with Crippen LogP contribution >= 0.6 is 0 Å². The number of hydrogen-bond acceptors (Lipinski definition) is 2. The molecule has 20 heavy (non-hydrogen) atoms. The van der Waals surface area contributed by atoms with E-state index in [1.54, 1.807) is 24.3 Å². The number of aliphatic hydroxyl groups is 1. The number of ether oxygens (including phenoxy) is 1. The summed E-state index contributed by atoms with van der Waals surface area (Å²) < 4.78 is 32.5. The van der Waals surface area contributed by atoms with Crippen LogP contribution in [0.1, 0.15) is 25.0 Å². The molecule has 0 spiro atoms. The van der Waals surface area contributed by atoms with Gasteiger partial charge in [-0.1, -0.05) is 24.3 Å². The minimum absolute atomic E-state index is 0.105. The third kappa shape index (κ3) is 2.65. The van der Waals surface area contributed by atoms with E-state index in [1.165, 1.54) is 19.1 Å². The molecule has 1 unspecified atom stereocenters. The van der Waals surface area contributed by atoms with Gasteiger partial charge in [-0.2, -0.15) is 0 Å². The second kappa shape index (κ2) is 5.59. The zero-order valence-electron chi connectivity index (χ0n) is 11.4. The minimum atomic E-state index is -1.64. The maximum Gasteiger partial charge on any atom is 0.165 e. The van der Waals surface area contributed by atoms with Crippen molar-refractivity contribution in [1.82, 2.24) is 0 Å². The lowest BCUT2D eigenvalue weighted by Crippen LogP contribution is -2.24. The SMILES string of the molecule is CCOc1cccc(C(C)(O)c2cccc(F)c2F)c1. The highest BCUT2D eigenvalue weighted by Gasteiger charge is 2.30. The predicted octanol–water partition coefficient (Wildman–Crippen LogP) is 3.62. The molecule has 0 aliphatic rings. The van der Waals surface area contributed by atoms with Crippen molar-refractivity contribution in [2.45, 2.75) is 19.4 Å². The largest absolute Gasteiger partial charge is 0.494 e. The molecular weight excluding hydrogens is 262 g/mol. The van der Waals surface area contributed by atoms with Gasteiger partial charge in [0, 0.05) is 5.56 Å². The van der Waals surface area contributed by atoms with E-state index in [4.69, 9.17) is 4.74 Å². The second-order valence-corrected chi connectivity index (χ2v) is 4.63. The van der Waals surface area contributed by atoms with Gasteiger partial charge in [0.25, 0.3) is 0 Å². The van der Waals surface area contributed by atoms with E-state index in [0.717, 1.165) is 6.07 Å². The van der Waals surface area contributed by atoms with Crippen molar-refractivity contribution in [2.24, 2.45) is 0 Å². The summed E-state index contributed by atoms with van der Waals surface area (Å²) in [6, 6.07) is 10.5. The summed E-state index contributed by atoms with van der Waals surface area (Å²) in [6.07, 6.45) is 0. The van der Waals surface area contributed by atoms with E-state index >= 15 is 0 Å². The Kier molecular flexibility index (Phi) is 4.04. The van der Waals surface area contributed by atoms with Crippen molar-refractivity contribution in [3.63, 3.8) is 0 Å². The van der Waals surface area contributed by atoms with E-state index in [0.29, 0.717) is 17.9 Å². The first-order valence-electron chi connectivity index (χ1n) is 6.37. The summed E-state index contributed by atoms with van der Waals surface area (Å²) in [5.41, 5.74) is -1.31. The lowest BCUT2D eigenvalue weighted by atomic mass is 9.87. The third-order valence-electron chi connectivity index (χ3n) is 3.18. The van der Waals surface area contributed by atoms with Gasteiger partial charge in [0.05, 0.1) is 6.61 Å². The zero-order chi connectivity index (χ0) is 14.8. The highest BCUT2D eigenvalue weighted by Crippen LogP contribution is 2.33. The van der Waals surface area contributed by atoms with Crippen LogP contribution in [0.2, 0.25) is 0 Å². The van der Waals surface area contributed by atoms with Crippen LogP contribution in [0.25, 0.3) is 0 Å². The van der Waals surface area contributed by atoms with E-state index in [9.17, 15) is 13.9 Å². The molecule has 0 heterocycles. The average molecular weight is 278 g/mol. The van der Waals surface area contributed by atoms with Gasteiger partial charge >= 0.3 is 0 Å². The molecule has 0 bridgehead atoms. The second-order valence-electron chi connectivity index (χ2n) is 4.63. The molecular formula is C16H16F2O2. The first-order valence-corrected chi connectivity index (χ1v) is 6.37. The first-order chi connectivity index (χ1) is 9.46. The fraction of sp³-hybridized carbons (Fsp3) is 0.250. The van der Waals surface area contributed by atoms with Crippen LogP contribution < -0.4 is 4.74 Å². The molecule has 1 atom stereocenters. The smallest absolute Gasteiger partial charge is 0.165 e. The molecule has 1 N–H and O–H groups in total. The van der Waals surface area contributed by atoms with Crippen LogP contribution in [-0.2, 0) is 5.60 Å². The van der Waals surface area contributed by atoms with Crippen LogP contribution in [-0.4, -0.2) is 11.7 Å². The van der Waals surface area contributed by atoms with Crippen molar-refractivity contribution < 1.29 is 18.6 Å². The molecule has 106 valence electrons. The third-order valence-corrected chi connectivity index (χ3v) is 3.18. The molecule has 0 saturated heterocycles. The normalized spacial score (nSPS) is 13.8. The maximum absolute atomic E-state index is 13.9. The summed E-state index contributed by atoms with van der Waals surface area (Å²) in [6.45, 7) is 3.76. The summed E-state index contributed by atoms with van der Waals surface area (Å²) in [7, 11) is 0. The lowest BCUT2D eigenvalue weighted by Gasteiger charge is -2.25. The highest BCUT2D eigenvalue weighted by molar-refractivity contribution is 5.40. The summed E-state index contributed by atoms with van der Waals surface area (Å²) >= 11 is 0. The molecule has 2 aromatic rings. The summed E-state index contributed by atoms with van der Waals surface area (Å²) in [5.74, 6) is -1.45. The van der Waals surface area contributed by atoms with Crippen molar-refractivity contribution >= 4 is 0 Å². The highest BCUT2D eigenvalue weighted by atomic mass is 19.2. The van der Waals surface area contributed by atoms with Gasteiger partial charge in [0.15, 0.2) is 11.6 Å². The van der Waals surface area contributed by atoms with Crippen LogP contribution in [0.3, 0.4) is 0 Å². The van der Waals surface area contributed by atoms with Crippen LogP contribution in [0.15, 0.2) is 42.5 Å². The maximum atomic E-state index is 13.9. The Hall–Kier alpha value is -1.94. The van der Waals surface area contributed by atoms with Gasteiger partial charge in [0.1, 0.15) is 11.4 Å². The van der Waals surface area contributed by atoms with Crippen LogP contribution in [0, 0.1) is 11.6 Å². The van der Waals surface area contributed by atoms with Gasteiger partial charge in [-0.05, 0) is 37.6 Å². The Morgan fingerprint density at radius 1 is 1.15 bits per heavy atom. The monoisotopic (exact) mass is 278 g/mol. The van der Waals surface area contributed by atoms with Crippen LogP contribution in [0.5, 0.6) is 5.75 Å².